The van der Waals surface area contributed by atoms with E-state index in [0.29, 0.717) is 17.3 Å². The van der Waals surface area contributed by atoms with E-state index in [1.807, 2.05) is 0 Å². The van der Waals surface area contributed by atoms with Crippen LogP contribution in [-0.2, 0) is 6.54 Å². The number of carbonyl (C=O) groups is 1. The molecule has 0 aliphatic carbocycles. The third-order valence-corrected chi connectivity index (χ3v) is 3.09. The first-order chi connectivity index (χ1) is 11.1. The summed E-state index contributed by atoms with van der Waals surface area (Å²) < 4.78 is 14.9. The van der Waals surface area contributed by atoms with Crippen molar-refractivity contribution in [3.8, 4) is 17.1 Å². The van der Waals surface area contributed by atoms with Crippen molar-refractivity contribution < 1.29 is 9.18 Å². The fourth-order valence-electron chi connectivity index (χ4n) is 2.06. The highest BCUT2D eigenvalue weighted by molar-refractivity contribution is 5.71. The van der Waals surface area contributed by atoms with E-state index in [2.05, 4.69) is 20.4 Å². The highest BCUT2D eigenvalue weighted by atomic mass is 19.1. The van der Waals surface area contributed by atoms with Gasteiger partial charge in [-0.15, -0.1) is 5.10 Å². The highest BCUT2D eigenvalue weighted by Gasteiger charge is 2.14. The number of aromatic nitrogens is 4. The molecule has 2 aromatic heterocycles. The van der Waals surface area contributed by atoms with Crippen LogP contribution in [0.25, 0.3) is 17.1 Å². The summed E-state index contributed by atoms with van der Waals surface area (Å²) in [6, 6.07) is 8.78. The molecule has 0 bridgehead atoms. The van der Waals surface area contributed by atoms with Crippen LogP contribution in [0.15, 0.2) is 48.8 Å². The minimum Gasteiger partial charge on any atom is -0.352 e. The fraction of sp³-hybridized carbons (Fsp3) is 0.0667. The maximum absolute atomic E-state index is 13.5. The van der Waals surface area contributed by atoms with E-state index < -0.39 is 11.8 Å². The summed E-state index contributed by atoms with van der Waals surface area (Å²) in [5.41, 5.74) is 6.35. The van der Waals surface area contributed by atoms with Gasteiger partial charge in [0, 0.05) is 18.0 Å². The van der Waals surface area contributed by atoms with Crippen molar-refractivity contribution in [2.24, 2.45) is 5.73 Å². The third kappa shape index (κ3) is 3.31. The van der Waals surface area contributed by atoms with Gasteiger partial charge in [0.1, 0.15) is 5.82 Å². The third-order valence-electron chi connectivity index (χ3n) is 3.09. The summed E-state index contributed by atoms with van der Waals surface area (Å²) in [4.78, 5) is 19.3. The number of carbonyl (C=O) groups excluding carboxylic acids is 1. The minimum absolute atomic E-state index is 0.0733. The average Bonchev–Trinajstić information content (AvgIpc) is 2.98. The predicted octanol–water partition coefficient (Wildman–Crippen LogP) is 1.64. The van der Waals surface area contributed by atoms with Gasteiger partial charge in [-0.05, 0) is 30.3 Å². The topological polar surface area (TPSA) is 98.7 Å². The number of pyridine rings is 1. The first-order valence-corrected chi connectivity index (χ1v) is 6.79. The molecule has 0 unspecified atom stereocenters. The van der Waals surface area contributed by atoms with E-state index in [1.54, 1.807) is 36.7 Å². The lowest BCUT2D eigenvalue weighted by molar-refractivity contribution is 0.248. The highest BCUT2D eigenvalue weighted by Crippen LogP contribution is 2.18. The number of nitrogens with one attached hydrogen (secondary N) is 1. The number of halogens is 1. The van der Waals surface area contributed by atoms with Crippen LogP contribution in [0.5, 0.6) is 0 Å². The lowest BCUT2D eigenvalue weighted by Gasteiger charge is -2.06. The Morgan fingerprint density at radius 3 is 2.74 bits per heavy atom. The molecular formula is C15H13FN6O. The van der Waals surface area contributed by atoms with Crippen LogP contribution in [0.1, 0.15) is 5.82 Å². The van der Waals surface area contributed by atoms with Crippen LogP contribution in [0.3, 0.4) is 0 Å². The minimum atomic E-state index is -0.677. The molecule has 0 aliphatic heterocycles. The van der Waals surface area contributed by atoms with Crippen molar-refractivity contribution in [1.82, 2.24) is 25.1 Å². The van der Waals surface area contributed by atoms with Crippen molar-refractivity contribution in [2.75, 3.05) is 0 Å². The Hall–Kier alpha value is -3.29. The maximum atomic E-state index is 13.5. The number of hydrogen-bond donors (Lipinski definition) is 2. The maximum Gasteiger partial charge on any atom is 0.312 e. The van der Waals surface area contributed by atoms with E-state index in [1.165, 1.54) is 16.8 Å². The Balaban J connectivity index is 2.05. The molecule has 2 amide bonds. The van der Waals surface area contributed by atoms with E-state index in [-0.39, 0.29) is 6.54 Å². The SMILES string of the molecule is NC(=O)NCc1nc(-c2ccncc2)nn1-c1cccc(F)c1. The number of primary amides is 1. The molecule has 0 radical (unpaired) electrons. The Morgan fingerprint density at radius 2 is 2.04 bits per heavy atom. The second kappa shape index (κ2) is 6.22. The molecule has 7 nitrogen and oxygen atoms in total. The van der Waals surface area contributed by atoms with Crippen molar-refractivity contribution in [3.05, 3.63) is 60.4 Å². The van der Waals surface area contributed by atoms with Crippen molar-refractivity contribution in [2.45, 2.75) is 6.54 Å². The Bertz CT molecular complexity index is 833. The van der Waals surface area contributed by atoms with Gasteiger partial charge >= 0.3 is 6.03 Å². The zero-order valence-electron chi connectivity index (χ0n) is 12.0. The molecule has 0 fully saturated rings. The van der Waals surface area contributed by atoms with Gasteiger partial charge in [-0.3, -0.25) is 4.98 Å². The molecule has 0 saturated heterocycles. The molecule has 0 aliphatic rings. The zero-order chi connectivity index (χ0) is 16.2. The molecular weight excluding hydrogens is 299 g/mol. The number of rotatable bonds is 4. The van der Waals surface area contributed by atoms with Gasteiger partial charge < -0.3 is 11.1 Å². The summed E-state index contributed by atoms with van der Waals surface area (Å²) in [6.07, 6.45) is 3.25. The molecule has 1 aromatic carbocycles. The first kappa shape index (κ1) is 14.6. The molecule has 116 valence electrons. The van der Waals surface area contributed by atoms with Crippen molar-refractivity contribution in [3.63, 3.8) is 0 Å². The van der Waals surface area contributed by atoms with Gasteiger partial charge in [0.05, 0.1) is 12.2 Å². The van der Waals surface area contributed by atoms with Crippen LogP contribution >= 0.6 is 0 Å². The van der Waals surface area contributed by atoms with Gasteiger partial charge in [-0.2, -0.15) is 0 Å². The van der Waals surface area contributed by atoms with Gasteiger partial charge in [0.2, 0.25) is 0 Å². The van der Waals surface area contributed by atoms with E-state index >= 15 is 0 Å². The second-order valence-electron chi connectivity index (χ2n) is 4.70. The van der Waals surface area contributed by atoms with Gasteiger partial charge in [-0.1, -0.05) is 6.07 Å². The average molecular weight is 312 g/mol. The van der Waals surface area contributed by atoms with Gasteiger partial charge in [0.15, 0.2) is 11.6 Å². The van der Waals surface area contributed by atoms with Crippen LogP contribution in [0.4, 0.5) is 9.18 Å². The molecule has 3 rings (SSSR count). The summed E-state index contributed by atoms with van der Waals surface area (Å²) in [7, 11) is 0. The molecule has 0 spiro atoms. The first-order valence-electron chi connectivity index (χ1n) is 6.79. The molecule has 3 aromatic rings. The number of benzene rings is 1. The summed E-state index contributed by atoms with van der Waals surface area (Å²) in [5, 5.41) is 6.85. The van der Waals surface area contributed by atoms with Crippen LogP contribution < -0.4 is 11.1 Å². The molecule has 3 N–H and O–H groups in total. The monoisotopic (exact) mass is 312 g/mol. The van der Waals surface area contributed by atoms with Gasteiger partial charge in [0.25, 0.3) is 0 Å². The Morgan fingerprint density at radius 1 is 1.26 bits per heavy atom. The second-order valence-corrected chi connectivity index (χ2v) is 4.70. The van der Waals surface area contributed by atoms with E-state index in [4.69, 9.17) is 5.73 Å². The lowest BCUT2D eigenvalue weighted by Crippen LogP contribution is -2.29. The Kier molecular flexibility index (Phi) is 3.96. The molecule has 23 heavy (non-hydrogen) atoms. The number of urea groups is 1. The van der Waals surface area contributed by atoms with Gasteiger partial charge in [-0.25, -0.2) is 18.9 Å². The zero-order valence-corrected chi connectivity index (χ0v) is 12.0. The molecule has 8 heteroatoms. The largest absolute Gasteiger partial charge is 0.352 e. The normalized spacial score (nSPS) is 10.5. The number of nitrogens with zero attached hydrogens (tertiary/aromatic N) is 4. The summed E-state index contributed by atoms with van der Waals surface area (Å²) in [5.74, 6) is 0.483. The molecule has 0 atom stereocenters. The van der Waals surface area contributed by atoms with Crippen molar-refractivity contribution in [1.29, 1.82) is 0 Å². The lowest BCUT2D eigenvalue weighted by atomic mass is 10.2. The smallest absolute Gasteiger partial charge is 0.312 e. The summed E-state index contributed by atoms with van der Waals surface area (Å²) in [6.45, 7) is 0.0733. The standard InChI is InChI=1S/C15H13FN6O/c16-11-2-1-3-12(8-11)22-13(9-19-15(17)23)20-14(21-22)10-4-6-18-7-5-10/h1-8H,9H2,(H3,17,19,23). The summed E-state index contributed by atoms with van der Waals surface area (Å²) >= 11 is 0. The van der Waals surface area contributed by atoms with E-state index in [0.717, 1.165) is 5.56 Å². The van der Waals surface area contributed by atoms with Crippen LogP contribution in [-0.4, -0.2) is 25.8 Å². The number of nitrogens with two attached hydrogens (primary N) is 1. The van der Waals surface area contributed by atoms with E-state index in [9.17, 15) is 9.18 Å². The predicted molar refractivity (Wildman–Crippen MR) is 81.0 cm³/mol. The quantitative estimate of drug-likeness (QED) is 0.765. The fourth-order valence-corrected chi connectivity index (χ4v) is 2.06. The molecule has 0 saturated carbocycles. The van der Waals surface area contributed by atoms with Crippen LogP contribution in [0.2, 0.25) is 0 Å². The van der Waals surface area contributed by atoms with Crippen molar-refractivity contribution >= 4 is 6.03 Å². The Labute approximate surface area is 131 Å². The van der Waals surface area contributed by atoms with Crippen LogP contribution in [0, 0.1) is 5.82 Å². The number of amides is 2. The molecule has 2 heterocycles. The number of hydrogen-bond acceptors (Lipinski definition) is 4.